The van der Waals surface area contributed by atoms with Gasteiger partial charge in [0, 0.05) is 16.6 Å². The maximum Gasteiger partial charge on any atom is 0.319 e. The molecule has 4 heteroatoms. The number of benzene rings is 1. The minimum Gasteiger partial charge on any atom is -0.335 e. The third-order valence-corrected chi connectivity index (χ3v) is 3.00. The van der Waals surface area contributed by atoms with Crippen molar-refractivity contribution in [3.63, 3.8) is 0 Å². The minimum atomic E-state index is -0.102. The zero-order chi connectivity index (χ0) is 10.7. The molecule has 1 aromatic rings. The summed E-state index contributed by atoms with van der Waals surface area (Å²) in [5.74, 6) is 0. The summed E-state index contributed by atoms with van der Waals surface area (Å²) in [5.41, 5.74) is 0.839. The Hall–Kier alpha value is -1.16. The van der Waals surface area contributed by atoms with E-state index in [0.29, 0.717) is 6.04 Å². The van der Waals surface area contributed by atoms with Gasteiger partial charge in [-0.3, -0.25) is 0 Å². The van der Waals surface area contributed by atoms with Crippen molar-refractivity contribution in [1.82, 2.24) is 5.32 Å². The summed E-state index contributed by atoms with van der Waals surface area (Å²) in [5, 5.41) is 5.68. The first kappa shape index (κ1) is 10.4. The largest absolute Gasteiger partial charge is 0.335 e. The number of thioether (sulfide) groups is 1. The molecule has 0 bridgehead atoms. The highest BCUT2D eigenvalue weighted by molar-refractivity contribution is 7.98. The van der Waals surface area contributed by atoms with Gasteiger partial charge in [-0.05, 0) is 43.4 Å². The number of hydrogen-bond acceptors (Lipinski definition) is 2. The van der Waals surface area contributed by atoms with Gasteiger partial charge in [0.25, 0.3) is 0 Å². The van der Waals surface area contributed by atoms with Gasteiger partial charge in [-0.15, -0.1) is 11.8 Å². The number of anilines is 1. The average molecular weight is 222 g/mol. The van der Waals surface area contributed by atoms with Gasteiger partial charge in [0.1, 0.15) is 0 Å². The number of carbonyl (C=O) groups excluding carboxylic acids is 1. The van der Waals surface area contributed by atoms with Crippen molar-refractivity contribution in [2.45, 2.75) is 23.8 Å². The van der Waals surface area contributed by atoms with E-state index in [1.807, 2.05) is 30.5 Å². The third kappa shape index (κ3) is 3.16. The number of amides is 2. The molecule has 1 fully saturated rings. The van der Waals surface area contributed by atoms with E-state index in [1.165, 1.54) is 4.90 Å². The average Bonchev–Trinajstić information content (AvgIpc) is 3.03. The van der Waals surface area contributed by atoms with Crippen LogP contribution in [0, 0.1) is 0 Å². The molecule has 1 aliphatic carbocycles. The molecule has 1 aromatic carbocycles. The van der Waals surface area contributed by atoms with Crippen LogP contribution < -0.4 is 10.6 Å². The predicted octanol–water partition coefficient (Wildman–Crippen LogP) is 2.69. The summed E-state index contributed by atoms with van der Waals surface area (Å²) in [7, 11) is 0. The molecule has 0 aliphatic heterocycles. The summed E-state index contributed by atoms with van der Waals surface area (Å²) < 4.78 is 0. The Morgan fingerprint density at radius 2 is 2.00 bits per heavy atom. The van der Waals surface area contributed by atoms with Crippen LogP contribution in [0.25, 0.3) is 0 Å². The Bertz CT molecular complexity index is 346. The van der Waals surface area contributed by atoms with Crippen LogP contribution >= 0.6 is 11.8 Å². The first-order chi connectivity index (χ1) is 7.28. The van der Waals surface area contributed by atoms with Crippen molar-refractivity contribution in [2.75, 3.05) is 11.6 Å². The molecule has 0 heterocycles. The van der Waals surface area contributed by atoms with Crippen molar-refractivity contribution >= 4 is 23.5 Å². The van der Waals surface area contributed by atoms with Crippen LogP contribution in [0.2, 0.25) is 0 Å². The molecule has 3 nitrogen and oxygen atoms in total. The highest BCUT2D eigenvalue weighted by Gasteiger charge is 2.22. The summed E-state index contributed by atoms with van der Waals surface area (Å²) in [6.45, 7) is 0. The zero-order valence-electron chi connectivity index (χ0n) is 8.62. The Balaban J connectivity index is 1.88. The molecule has 15 heavy (non-hydrogen) atoms. The number of rotatable bonds is 3. The molecule has 0 spiro atoms. The topological polar surface area (TPSA) is 41.1 Å². The van der Waals surface area contributed by atoms with E-state index in [4.69, 9.17) is 0 Å². The molecular formula is C11H14N2OS. The van der Waals surface area contributed by atoms with Gasteiger partial charge >= 0.3 is 6.03 Å². The summed E-state index contributed by atoms with van der Waals surface area (Å²) in [6.07, 6.45) is 4.25. The lowest BCUT2D eigenvalue weighted by molar-refractivity contribution is 0.251. The van der Waals surface area contributed by atoms with E-state index in [1.54, 1.807) is 11.8 Å². The van der Waals surface area contributed by atoms with Crippen LogP contribution in [-0.2, 0) is 0 Å². The van der Waals surface area contributed by atoms with Crippen molar-refractivity contribution in [2.24, 2.45) is 0 Å². The molecule has 2 N–H and O–H groups in total. The van der Waals surface area contributed by atoms with E-state index in [9.17, 15) is 4.79 Å². The fourth-order valence-corrected chi connectivity index (χ4v) is 1.66. The molecule has 0 atom stereocenters. The van der Waals surface area contributed by atoms with Crippen molar-refractivity contribution in [1.29, 1.82) is 0 Å². The lowest BCUT2D eigenvalue weighted by Gasteiger charge is -2.06. The van der Waals surface area contributed by atoms with E-state index < -0.39 is 0 Å². The summed E-state index contributed by atoms with van der Waals surface area (Å²) in [6, 6.07) is 8.12. The molecule has 80 valence electrons. The van der Waals surface area contributed by atoms with Gasteiger partial charge in [0.15, 0.2) is 0 Å². The smallest absolute Gasteiger partial charge is 0.319 e. The van der Waals surface area contributed by atoms with Crippen LogP contribution in [0.15, 0.2) is 29.2 Å². The van der Waals surface area contributed by atoms with Crippen LogP contribution in [0.3, 0.4) is 0 Å². The van der Waals surface area contributed by atoms with Gasteiger partial charge in [-0.2, -0.15) is 0 Å². The molecule has 0 aromatic heterocycles. The number of carbonyl (C=O) groups is 1. The molecule has 0 unspecified atom stereocenters. The maximum absolute atomic E-state index is 11.4. The SMILES string of the molecule is CSc1ccc(NC(=O)NC2CC2)cc1. The fourth-order valence-electron chi connectivity index (χ4n) is 1.25. The number of urea groups is 1. The lowest BCUT2D eigenvalue weighted by Crippen LogP contribution is -2.30. The first-order valence-electron chi connectivity index (χ1n) is 4.99. The van der Waals surface area contributed by atoms with E-state index in [-0.39, 0.29) is 6.03 Å². The third-order valence-electron chi connectivity index (χ3n) is 2.26. The van der Waals surface area contributed by atoms with Crippen molar-refractivity contribution in [3.8, 4) is 0 Å². The van der Waals surface area contributed by atoms with Crippen LogP contribution in [0.1, 0.15) is 12.8 Å². The normalized spacial score (nSPS) is 14.7. The second-order valence-electron chi connectivity index (χ2n) is 3.60. The molecule has 2 amide bonds. The van der Waals surface area contributed by atoms with Gasteiger partial charge in [-0.1, -0.05) is 0 Å². The molecule has 0 saturated heterocycles. The molecule has 1 aliphatic rings. The highest BCUT2D eigenvalue weighted by Crippen LogP contribution is 2.20. The summed E-state index contributed by atoms with van der Waals surface area (Å²) >= 11 is 1.69. The predicted molar refractivity (Wildman–Crippen MR) is 63.4 cm³/mol. The molecule has 1 saturated carbocycles. The molecule has 0 radical (unpaired) electrons. The fraction of sp³-hybridized carbons (Fsp3) is 0.364. The monoisotopic (exact) mass is 222 g/mol. The van der Waals surface area contributed by atoms with E-state index in [2.05, 4.69) is 10.6 Å². The molecule has 2 rings (SSSR count). The second-order valence-corrected chi connectivity index (χ2v) is 4.48. The van der Waals surface area contributed by atoms with Gasteiger partial charge in [0.05, 0.1) is 0 Å². The van der Waals surface area contributed by atoms with Gasteiger partial charge in [0.2, 0.25) is 0 Å². The summed E-state index contributed by atoms with van der Waals surface area (Å²) in [4.78, 5) is 12.6. The van der Waals surface area contributed by atoms with Gasteiger partial charge in [-0.25, -0.2) is 4.79 Å². The Kier molecular flexibility index (Phi) is 3.16. The quantitative estimate of drug-likeness (QED) is 0.772. The Morgan fingerprint density at radius 1 is 1.33 bits per heavy atom. The number of hydrogen-bond donors (Lipinski definition) is 2. The zero-order valence-corrected chi connectivity index (χ0v) is 9.43. The van der Waals surface area contributed by atoms with E-state index >= 15 is 0 Å². The first-order valence-corrected chi connectivity index (χ1v) is 6.22. The van der Waals surface area contributed by atoms with Crippen LogP contribution in [0.4, 0.5) is 10.5 Å². The Labute approximate surface area is 93.6 Å². The van der Waals surface area contributed by atoms with Crippen molar-refractivity contribution < 1.29 is 4.79 Å². The second kappa shape index (κ2) is 4.57. The highest BCUT2D eigenvalue weighted by atomic mass is 32.2. The van der Waals surface area contributed by atoms with Gasteiger partial charge < -0.3 is 10.6 Å². The molecular weight excluding hydrogens is 208 g/mol. The van der Waals surface area contributed by atoms with Crippen LogP contribution in [0.5, 0.6) is 0 Å². The minimum absolute atomic E-state index is 0.102. The maximum atomic E-state index is 11.4. The Morgan fingerprint density at radius 3 is 2.53 bits per heavy atom. The lowest BCUT2D eigenvalue weighted by atomic mass is 10.3. The van der Waals surface area contributed by atoms with Crippen LogP contribution in [-0.4, -0.2) is 18.3 Å². The standard InChI is InChI=1S/C11H14N2OS/c1-15-10-6-4-9(5-7-10)13-11(14)12-8-2-3-8/h4-8H,2-3H2,1H3,(H2,12,13,14). The van der Waals surface area contributed by atoms with E-state index in [0.717, 1.165) is 18.5 Å². The van der Waals surface area contributed by atoms with Crippen molar-refractivity contribution in [3.05, 3.63) is 24.3 Å². The number of nitrogens with one attached hydrogen (secondary N) is 2.